The summed E-state index contributed by atoms with van der Waals surface area (Å²) in [5.74, 6) is 0. The van der Waals surface area contributed by atoms with Gasteiger partial charge in [-0.15, -0.1) is 0 Å². The molecule has 0 aliphatic heterocycles. The molecule has 0 aromatic carbocycles. The maximum atomic E-state index is 4.43. The second-order valence-electron chi connectivity index (χ2n) is 0.707. The van der Waals surface area contributed by atoms with Crippen molar-refractivity contribution in [3.8, 4) is 0 Å². The van der Waals surface area contributed by atoms with Gasteiger partial charge in [-0.3, -0.25) is 4.98 Å². The summed E-state index contributed by atoms with van der Waals surface area (Å²) in [6, 6.07) is 0. The zero-order valence-electron chi connectivity index (χ0n) is 2.76. The summed E-state index contributed by atoms with van der Waals surface area (Å²) >= 11 is 4.43. The van der Waals surface area contributed by atoms with Crippen molar-refractivity contribution in [3.05, 3.63) is 11.2 Å². The second kappa shape index (κ2) is 1.22. The standard InChI is InChI=1S/C2HN2OS/c6-2-3-1-4-5-2/h(H,3,4,6). The molecule has 3 nitrogen and oxygen atoms in total. The van der Waals surface area contributed by atoms with Gasteiger partial charge in [-0.05, 0) is 12.2 Å². The highest BCUT2D eigenvalue weighted by atomic mass is 32.1. The van der Waals surface area contributed by atoms with Crippen LogP contribution < -0.4 is 0 Å². The Kier molecular flexibility index (Phi) is 0.719. The molecule has 0 saturated heterocycles. The Balaban J connectivity index is 3.41. The molecule has 1 aromatic rings. The first-order chi connectivity index (χ1) is 2.89. The number of nitrogens with zero attached hydrogens (tertiary/aromatic N) is 1. The van der Waals surface area contributed by atoms with Crippen LogP contribution in [-0.2, 0) is 0 Å². The van der Waals surface area contributed by atoms with Crippen molar-refractivity contribution in [2.45, 2.75) is 0 Å². The lowest BCUT2D eigenvalue weighted by Gasteiger charge is -1.51. The van der Waals surface area contributed by atoms with Gasteiger partial charge in [0.1, 0.15) is 0 Å². The van der Waals surface area contributed by atoms with E-state index in [-0.39, 0.29) is 4.84 Å². The normalized spacial score (nSPS) is 8.67. The summed E-state index contributed by atoms with van der Waals surface area (Å²) in [5.41, 5.74) is 0. The molecule has 0 aliphatic rings. The Morgan fingerprint density at radius 1 is 2.00 bits per heavy atom. The Bertz CT molecular complexity index is 149. The molecule has 0 atom stereocenters. The van der Waals surface area contributed by atoms with Crippen molar-refractivity contribution in [1.29, 1.82) is 0 Å². The fourth-order valence-corrected chi connectivity index (χ4v) is 0.238. The van der Waals surface area contributed by atoms with Gasteiger partial charge in [0.15, 0.2) is 0 Å². The largest absolute Gasteiger partial charge is 0.324 e. The van der Waals surface area contributed by atoms with Crippen LogP contribution in [0.25, 0.3) is 0 Å². The van der Waals surface area contributed by atoms with Crippen molar-refractivity contribution >= 4 is 12.2 Å². The zero-order valence-corrected chi connectivity index (χ0v) is 3.58. The minimum absolute atomic E-state index is 0.259. The van der Waals surface area contributed by atoms with Crippen molar-refractivity contribution in [2.75, 3.05) is 0 Å². The van der Waals surface area contributed by atoms with Gasteiger partial charge in [-0.2, -0.15) is 0 Å². The van der Waals surface area contributed by atoms with Crippen molar-refractivity contribution in [1.82, 2.24) is 10.1 Å². The molecule has 0 bridgehead atoms. The average molecular weight is 101 g/mol. The summed E-state index contributed by atoms with van der Waals surface area (Å²) in [4.78, 5) is 2.67. The molecule has 1 radical (unpaired) electrons. The second-order valence-corrected chi connectivity index (χ2v) is 1.08. The smallest absolute Gasteiger partial charge is 0.295 e. The number of aromatic amines is 1. The van der Waals surface area contributed by atoms with Gasteiger partial charge < -0.3 is 4.52 Å². The molecule has 6 heavy (non-hydrogen) atoms. The first-order valence-corrected chi connectivity index (χ1v) is 1.72. The highest BCUT2D eigenvalue weighted by Gasteiger charge is 1.71. The van der Waals surface area contributed by atoms with Gasteiger partial charge in [-0.25, -0.2) is 0 Å². The van der Waals surface area contributed by atoms with Crippen LogP contribution in [0.4, 0.5) is 0 Å². The third kappa shape index (κ3) is 0.463. The molecule has 4 heteroatoms. The summed E-state index contributed by atoms with van der Waals surface area (Å²) < 4.78 is 4.29. The van der Waals surface area contributed by atoms with Crippen LogP contribution in [0.1, 0.15) is 0 Å². The number of hydrogen-bond donors (Lipinski definition) is 1. The van der Waals surface area contributed by atoms with Crippen molar-refractivity contribution in [3.63, 3.8) is 0 Å². The van der Waals surface area contributed by atoms with Crippen molar-refractivity contribution in [2.24, 2.45) is 0 Å². The van der Waals surface area contributed by atoms with E-state index < -0.39 is 0 Å². The molecule has 0 unspecified atom stereocenters. The van der Waals surface area contributed by atoms with Gasteiger partial charge in [0.25, 0.3) is 4.84 Å². The van der Waals surface area contributed by atoms with Gasteiger partial charge in [-0.1, -0.05) is 5.16 Å². The van der Waals surface area contributed by atoms with E-state index in [1.807, 2.05) is 0 Å². The lowest BCUT2D eigenvalue weighted by Crippen LogP contribution is -1.49. The van der Waals surface area contributed by atoms with Crippen LogP contribution in [0.5, 0.6) is 0 Å². The topological polar surface area (TPSA) is 41.8 Å². The van der Waals surface area contributed by atoms with Gasteiger partial charge in [0.2, 0.25) is 6.33 Å². The summed E-state index contributed by atoms with van der Waals surface area (Å²) in [6.07, 6.45) is 2.28. The van der Waals surface area contributed by atoms with Crippen LogP contribution in [0.3, 0.4) is 0 Å². The van der Waals surface area contributed by atoms with E-state index in [1.54, 1.807) is 0 Å². The predicted octanol–water partition coefficient (Wildman–Crippen LogP) is 0.532. The molecule has 1 N–H and O–H groups in total. The van der Waals surface area contributed by atoms with Gasteiger partial charge >= 0.3 is 0 Å². The minimum atomic E-state index is 0.259. The van der Waals surface area contributed by atoms with Crippen LogP contribution >= 0.6 is 12.2 Å². The molecule has 31 valence electrons. The Morgan fingerprint density at radius 3 is 3.00 bits per heavy atom. The minimum Gasteiger partial charge on any atom is -0.324 e. The summed E-state index contributed by atoms with van der Waals surface area (Å²) in [6.45, 7) is 0. The van der Waals surface area contributed by atoms with Gasteiger partial charge in [0.05, 0.1) is 0 Å². The van der Waals surface area contributed by atoms with Crippen LogP contribution in [0, 0.1) is 11.2 Å². The Hall–Kier alpha value is -0.640. The monoisotopic (exact) mass is 101 g/mol. The molecule has 1 rings (SSSR count). The molecule has 1 heterocycles. The first-order valence-electron chi connectivity index (χ1n) is 1.31. The molecule has 0 aliphatic carbocycles. The fraction of sp³-hybridized carbons (Fsp3) is 0. The maximum absolute atomic E-state index is 4.43. The van der Waals surface area contributed by atoms with Crippen LogP contribution in [-0.4, -0.2) is 10.1 Å². The van der Waals surface area contributed by atoms with E-state index >= 15 is 0 Å². The number of rotatable bonds is 0. The summed E-state index contributed by atoms with van der Waals surface area (Å²) in [7, 11) is 0. The van der Waals surface area contributed by atoms with E-state index in [4.69, 9.17) is 0 Å². The molecule has 0 amide bonds. The number of aromatic nitrogens is 2. The maximum Gasteiger partial charge on any atom is 0.295 e. The molecule has 0 fully saturated rings. The van der Waals surface area contributed by atoms with Crippen LogP contribution in [0.15, 0.2) is 4.52 Å². The Morgan fingerprint density at radius 2 is 2.83 bits per heavy atom. The third-order valence-corrected chi connectivity index (χ3v) is 0.509. The molecule has 0 saturated carbocycles. The zero-order chi connectivity index (χ0) is 4.41. The molecule has 1 aromatic heterocycles. The number of H-pyrrole nitrogens is 1. The van der Waals surface area contributed by atoms with Gasteiger partial charge in [0, 0.05) is 0 Å². The quantitative estimate of drug-likeness (QED) is 0.485. The first kappa shape index (κ1) is 3.55. The van der Waals surface area contributed by atoms with Crippen molar-refractivity contribution < 1.29 is 4.52 Å². The number of nitrogens with one attached hydrogen (secondary N) is 1. The molecule has 0 spiro atoms. The van der Waals surface area contributed by atoms with E-state index in [9.17, 15) is 0 Å². The third-order valence-electron chi connectivity index (χ3n) is 0.332. The average Bonchev–Trinajstić information content (AvgIpc) is 1.86. The SMILES string of the molecule is S=c1[nH][c]no1. The van der Waals surface area contributed by atoms with E-state index in [0.717, 1.165) is 0 Å². The lowest BCUT2D eigenvalue weighted by atomic mass is 11.3. The molecular weight excluding hydrogens is 100 g/mol. The number of hydrogen-bond acceptors (Lipinski definition) is 3. The lowest BCUT2D eigenvalue weighted by molar-refractivity contribution is 0.403. The predicted molar refractivity (Wildman–Crippen MR) is 20.5 cm³/mol. The highest BCUT2D eigenvalue weighted by Crippen LogP contribution is 1.73. The highest BCUT2D eigenvalue weighted by molar-refractivity contribution is 7.71. The van der Waals surface area contributed by atoms with E-state index in [1.165, 1.54) is 0 Å². The summed E-state index contributed by atoms with van der Waals surface area (Å²) in [5, 5.41) is 3.16. The fourth-order valence-electron chi connectivity index (χ4n) is 0.156. The van der Waals surface area contributed by atoms with E-state index in [2.05, 4.69) is 33.2 Å². The van der Waals surface area contributed by atoms with E-state index in [0.29, 0.717) is 0 Å². The molecular formula is C2HN2OS. The van der Waals surface area contributed by atoms with Crippen LogP contribution in [0.2, 0.25) is 0 Å². The Labute approximate surface area is 39.0 Å².